The molecule has 2 rings (SSSR count). The number of halogens is 1. The number of piperazine rings is 1. The van der Waals surface area contributed by atoms with E-state index in [0.717, 1.165) is 0 Å². The van der Waals surface area contributed by atoms with E-state index in [1.54, 1.807) is 16.9 Å². The van der Waals surface area contributed by atoms with Crippen LogP contribution in [0.3, 0.4) is 0 Å². The van der Waals surface area contributed by atoms with Crippen molar-refractivity contribution in [1.29, 1.82) is 0 Å². The molecule has 0 atom stereocenters. The molecule has 1 fully saturated rings. The summed E-state index contributed by atoms with van der Waals surface area (Å²) in [7, 11) is 1.57. The Hall–Kier alpha value is -1.99. The number of benzene rings is 1. The first-order valence-electron chi connectivity index (χ1n) is 7.51. The maximum Gasteiger partial charge on any atom is 0.253 e. The third-order valence-electron chi connectivity index (χ3n) is 3.67. The van der Waals surface area contributed by atoms with Gasteiger partial charge < -0.3 is 19.3 Å². The van der Waals surface area contributed by atoms with Crippen molar-refractivity contribution in [3.8, 4) is 0 Å². The van der Waals surface area contributed by atoms with Crippen LogP contribution in [0.25, 0.3) is 0 Å². The van der Waals surface area contributed by atoms with Crippen molar-refractivity contribution in [2.24, 2.45) is 0 Å². The smallest absolute Gasteiger partial charge is 0.253 e. The minimum absolute atomic E-state index is 0.0231. The molecule has 0 unspecified atom stereocenters. The summed E-state index contributed by atoms with van der Waals surface area (Å²) in [5.74, 6) is -0.603. The van der Waals surface area contributed by atoms with Crippen LogP contribution in [0.4, 0.5) is 4.39 Å². The first kappa shape index (κ1) is 17.4. The van der Waals surface area contributed by atoms with E-state index in [2.05, 4.69) is 0 Å². The van der Waals surface area contributed by atoms with Crippen molar-refractivity contribution < 1.29 is 23.5 Å². The van der Waals surface area contributed by atoms with Crippen LogP contribution in [0.5, 0.6) is 0 Å². The summed E-state index contributed by atoms with van der Waals surface area (Å²) in [4.78, 5) is 27.6. The maximum absolute atomic E-state index is 12.9. The molecule has 0 N–H and O–H groups in total. The molecule has 0 saturated carbocycles. The zero-order valence-corrected chi connectivity index (χ0v) is 13.2. The van der Waals surface area contributed by atoms with E-state index < -0.39 is 0 Å². The highest BCUT2D eigenvalue weighted by Gasteiger charge is 2.24. The second kappa shape index (κ2) is 8.59. The molecule has 1 aromatic carbocycles. The normalized spacial score (nSPS) is 14.9. The van der Waals surface area contributed by atoms with Gasteiger partial charge in [0.25, 0.3) is 5.91 Å². The molecule has 126 valence electrons. The topological polar surface area (TPSA) is 59.1 Å². The van der Waals surface area contributed by atoms with Gasteiger partial charge in [-0.3, -0.25) is 9.59 Å². The van der Waals surface area contributed by atoms with Gasteiger partial charge in [-0.2, -0.15) is 0 Å². The fraction of sp³-hybridized carbons (Fsp3) is 0.500. The number of amides is 2. The van der Waals surface area contributed by atoms with Crippen molar-refractivity contribution in [1.82, 2.24) is 9.80 Å². The Morgan fingerprint density at radius 2 is 1.65 bits per heavy atom. The largest absolute Gasteiger partial charge is 0.382 e. The minimum Gasteiger partial charge on any atom is -0.382 e. The van der Waals surface area contributed by atoms with Crippen molar-refractivity contribution >= 4 is 11.8 Å². The lowest BCUT2D eigenvalue weighted by atomic mass is 10.2. The fourth-order valence-electron chi connectivity index (χ4n) is 2.33. The van der Waals surface area contributed by atoms with Gasteiger partial charge in [-0.1, -0.05) is 0 Å². The third kappa shape index (κ3) is 5.01. The Bertz CT molecular complexity index is 527. The molecule has 1 aliphatic heterocycles. The molecular weight excluding hydrogens is 303 g/mol. The van der Waals surface area contributed by atoms with Crippen LogP contribution in [0.2, 0.25) is 0 Å². The number of nitrogens with zero attached hydrogens (tertiary/aromatic N) is 2. The molecule has 1 aliphatic rings. The quantitative estimate of drug-likeness (QED) is 0.726. The summed E-state index contributed by atoms with van der Waals surface area (Å²) in [6.07, 6.45) is 0. The highest BCUT2D eigenvalue weighted by atomic mass is 19.1. The highest BCUT2D eigenvalue weighted by molar-refractivity contribution is 5.94. The van der Waals surface area contributed by atoms with Crippen molar-refractivity contribution in [2.45, 2.75) is 0 Å². The van der Waals surface area contributed by atoms with E-state index in [0.29, 0.717) is 45.0 Å². The van der Waals surface area contributed by atoms with E-state index in [1.807, 2.05) is 0 Å². The molecule has 7 heteroatoms. The first-order chi connectivity index (χ1) is 11.1. The summed E-state index contributed by atoms with van der Waals surface area (Å²) in [6.45, 7) is 2.71. The molecule has 6 nitrogen and oxygen atoms in total. The second-order valence-corrected chi connectivity index (χ2v) is 5.23. The Kier molecular flexibility index (Phi) is 6.49. The van der Waals surface area contributed by atoms with Crippen LogP contribution in [-0.4, -0.2) is 74.7 Å². The van der Waals surface area contributed by atoms with E-state index in [1.165, 1.54) is 24.3 Å². The van der Waals surface area contributed by atoms with Gasteiger partial charge in [0.2, 0.25) is 5.91 Å². The number of hydrogen-bond donors (Lipinski definition) is 0. The van der Waals surface area contributed by atoms with Gasteiger partial charge in [0.1, 0.15) is 12.4 Å². The average molecular weight is 324 g/mol. The van der Waals surface area contributed by atoms with Gasteiger partial charge in [0, 0.05) is 38.9 Å². The molecule has 23 heavy (non-hydrogen) atoms. The number of ether oxygens (including phenoxy) is 2. The van der Waals surface area contributed by atoms with Crippen molar-refractivity contribution in [3.63, 3.8) is 0 Å². The van der Waals surface area contributed by atoms with E-state index in [4.69, 9.17) is 9.47 Å². The van der Waals surface area contributed by atoms with E-state index in [9.17, 15) is 14.0 Å². The number of carbonyl (C=O) groups excluding carboxylic acids is 2. The summed E-state index contributed by atoms with van der Waals surface area (Å²) in [5, 5.41) is 0. The molecular formula is C16H21FN2O4. The molecule has 0 aliphatic carbocycles. The lowest BCUT2D eigenvalue weighted by Crippen LogP contribution is -2.51. The molecule has 0 aromatic heterocycles. The Balaban J connectivity index is 1.78. The molecule has 0 bridgehead atoms. The highest BCUT2D eigenvalue weighted by Crippen LogP contribution is 2.10. The average Bonchev–Trinajstić information content (AvgIpc) is 2.59. The monoisotopic (exact) mass is 324 g/mol. The van der Waals surface area contributed by atoms with Crippen LogP contribution in [-0.2, 0) is 14.3 Å². The summed E-state index contributed by atoms with van der Waals surface area (Å²) < 4.78 is 22.9. The molecule has 0 spiro atoms. The number of rotatable bonds is 6. The lowest BCUT2D eigenvalue weighted by Gasteiger charge is -2.34. The molecule has 2 amide bonds. The Labute approximate surface area is 134 Å². The Morgan fingerprint density at radius 3 is 2.26 bits per heavy atom. The van der Waals surface area contributed by atoms with Crippen LogP contribution in [0, 0.1) is 5.82 Å². The van der Waals surface area contributed by atoms with Crippen LogP contribution < -0.4 is 0 Å². The van der Waals surface area contributed by atoms with Crippen molar-refractivity contribution in [2.75, 3.05) is 53.1 Å². The fourth-order valence-corrected chi connectivity index (χ4v) is 2.33. The van der Waals surface area contributed by atoms with Gasteiger partial charge >= 0.3 is 0 Å². The first-order valence-corrected chi connectivity index (χ1v) is 7.51. The predicted octanol–water partition coefficient (Wildman–Crippen LogP) is 0.773. The van der Waals surface area contributed by atoms with Crippen LogP contribution in [0.1, 0.15) is 10.4 Å². The standard InChI is InChI=1S/C16H21FN2O4/c1-22-10-11-23-12-15(20)18-6-8-19(9-7-18)16(21)13-2-4-14(17)5-3-13/h2-5H,6-12H2,1H3. The second-order valence-electron chi connectivity index (χ2n) is 5.23. The predicted molar refractivity (Wildman–Crippen MR) is 81.6 cm³/mol. The summed E-state index contributed by atoms with van der Waals surface area (Å²) >= 11 is 0. The van der Waals surface area contributed by atoms with Gasteiger partial charge in [0.05, 0.1) is 13.2 Å². The molecule has 1 saturated heterocycles. The van der Waals surface area contributed by atoms with Crippen LogP contribution in [0.15, 0.2) is 24.3 Å². The summed E-state index contributed by atoms with van der Waals surface area (Å²) in [6, 6.07) is 5.48. The van der Waals surface area contributed by atoms with E-state index >= 15 is 0 Å². The maximum atomic E-state index is 12.9. The molecule has 1 aromatic rings. The zero-order valence-electron chi connectivity index (χ0n) is 13.2. The lowest BCUT2D eigenvalue weighted by molar-refractivity contribution is -0.138. The molecule has 0 radical (unpaired) electrons. The minimum atomic E-state index is -0.370. The molecule has 1 heterocycles. The van der Waals surface area contributed by atoms with Crippen LogP contribution >= 0.6 is 0 Å². The number of methoxy groups -OCH3 is 1. The van der Waals surface area contributed by atoms with E-state index in [-0.39, 0.29) is 24.2 Å². The van der Waals surface area contributed by atoms with Gasteiger partial charge in [-0.05, 0) is 24.3 Å². The van der Waals surface area contributed by atoms with Gasteiger partial charge in [-0.25, -0.2) is 4.39 Å². The third-order valence-corrected chi connectivity index (χ3v) is 3.67. The summed E-state index contributed by atoms with van der Waals surface area (Å²) in [5.41, 5.74) is 0.453. The number of hydrogen-bond acceptors (Lipinski definition) is 4. The van der Waals surface area contributed by atoms with Gasteiger partial charge in [-0.15, -0.1) is 0 Å². The zero-order chi connectivity index (χ0) is 16.7. The van der Waals surface area contributed by atoms with Crippen molar-refractivity contribution in [3.05, 3.63) is 35.6 Å². The van der Waals surface area contributed by atoms with Gasteiger partial charge in [0.15, 0.2) is 0 Å². The Morgan fingerprint density at radius 1 is 1.04 bits per heavy atom. The number of carbonyl (C=O) groups is 2. The SMILES string of the molecule is COCCOCC(=O)N1CCN(C(=O)c2ccc(F)cc2)CC1.